The minimum absolute atomic E-state index is 0.0318. The molecule has 0 aliphatic heterocycles. The van der Waals surface area contributed by atoms with Crippen LogP contribution in [-0.2, 0) is 4.79 Å². The molecule has 0 aromatic heterocycles. The maximum Gasteiger partial charge on any atom is 0.232 e. The Hall–Kier alpha value is -0.640. The number of nitrogens with one attached hydrogen (secondary N) is 1. The van der Waals surface area contributed by atoms with Crippen molar-refractivity contribution in [2.45, 2.75) is 46.5 Å². The summed E-state index contributed by atoms with van der Waals surface area (Å²) >= 11 is 4.97. The van der Waals surface area contributed by atoms with Gasteiger partial charge in [-0.05, 0) is 31.6 Å². The number of hydrogen-bond donors (Lipinski definition) is 2. The summed E-state index contributed by atoms with van der Waals surface area (Å²) in [6.45, 7) is 6.70. The maximum atomic E-state index is 12.0. The largest absolute Gasteiger partial charge is 0.392 e. The molecule has 1 aliphatic rings. The first-order valence-electron chi connectivity index (χ1n) is 5.92. The average Bonchev–Trinajstić information content (AvgIpc) is 2.21. The summed E-state index contributed by atoms with van der Waals surface area (Å²) in [7, 11) is 0. The van der Waals surface area contributed by atoms with E-state index in [9.17, 15) is 4.79 Å². The molecule has 16 heavy (non-hydrogen) atoms. The van der Waals surface area contributed by atoms with Gasteiger partial charge in [-0.15, -0.1) is 0 Å². The molecule has 1 amide bonds. The molecule has 0 saturated heterocycles. The highest BCUT2D eigenvalue weighted by molar-refractivity contribution is 7.80. The van der Waals surface area contributed by atoms with Crippen LogP contribution in [0.2, 0.25) is 0 Å². The summed E-state index contributed by atoms with van der Waals surface area (Å²) in [4.78, 5) is 12.3. The van der Waals surface area contributed by atoms with Gasteiger partial charge in [-0.3, -0.25) is 4.79 Å². The first kappa shape index (κ1) is 13.4. The minimum atomic E-state index is -0.699. The van der Waals surface area contributed by atoms with Gasteiger partial charge in [0.15, 0.2) is 0 Å². The topological polar surface area (TPSA) is 55.1 Å². The number of carbonyl (C=O) groups is 1. The van der Waals surface area contributed by atoms with Crippen LogP contribution < -0.4 is 11.1 Å². The first-order valence-corrected chi connectivity index (χ1v) is 6.33. The monoisotopic (exact) mass is 242 g/mol. The number of carbonyl (C=O) groups excluding carboxylic acids is 1. The number of thiocarbonyl (C=S) groups is 1. The van der Waals surface area contributed by atoms with Crippen molar-refractivity contribution < 1.29 is 4.79 Å². The molecule has 1 unspecified atom stereocenters. The van der Waals surface area contributed by atoms with Gasteiger partial charge in [0.25, 0.3) is 0 Å². The summed E-state index contributed by atoms with van der Waals surface area (Å²) in [6, 6.07) is 0. The zero-order chi connectivity index (χ0) is 12.4. The SMILES string of the molecule is CCC(C)(C(=O)NCC1(C)CCC1)C(N)=S. The Morgan fingerprint density at radius 1 is 1.56 bits per heavy atom. The maximum absolute atomic E-state index is 12.0. The predicted molar refractivity (Wildman–Crippen MR) is 70.2 cm³/mol. The molecule has 0 bridgehead atoms. The van der Waals surface area contributed by atoms with Gasteiger partial charge >= 0.3 is 0 Å². The van der Waals surface area contributed by atoms with E-state index in [0.29, 0.717) is 11.8 Å². The molecule has 92 valence electrons. The van der Waals surface area contributed by atoms with Crippen molar-refractivity contribution in [1.29, 1.82) is 0 Å². The molecule has 0 aromatic rings. The van der Waals surface area contributed by atoms with Crippen LogP contribution in [0.25, 0.3) is 0 Å². The molecular formula is C12H22N2OS. The standard InChI is InChI=1S/C12H22N2OS/c1-4-12(3,9(13)16)10(15)14-8-11(2)6-5-7-11/h4-8H2,1-3H3,(H2,13,16)(H,14,15). The Morgan fingerprint density at radius 2 is 2.12 bits per heavy atom. The molecule has 3 nitrogen and oxygen atoms in total. The summed E-state index contributed by atoms with van der Waals surface area (Å²) in [6.07, 6.45) is 4.31. The van der Waals surface area contributed by atoms with Crippen molar-refractivity contribution in [2.75, 3.05) is 6.54 Å². The van der Waals surface area contributed by atoms with Crippen LogP contribution >= 0.6 is 12.2 Å². The quantitative estimate of drug-likeness (QED) is 0.725. The zero-order valence-corrected chi connectivity index (χ0v) is 11.2. The fourth-order valence-electron chi connectivity index (χ4n) is 1.89. The van der Waals surface area contributed by atoms with Crippen molar-refractivity contribution in [2.24, 2.45) is 16.6 Å². The van der Waals surface area contributed by atoms with Crippen LogP contribution in [0, 0.1) is 10.8 Å². The Kier molecular flexibility index (Phi) is 3.94. The molecular weight excluding hydrogens is 220 g/mol. The van der Waals surface area contributed by atoms with Crippen molar-refractivity contribution in [3.8, 4) is 0 Å². The van der Waals surface area contributed by atoms with E-state index in [2.05, 4.69) is 12.2 Å². The Balaban J connectivity index is 2.53. The highest BCUT2D eigenvalue weighted by Crippen LogP contribution is 2.39. The van der Waals surface area contributed by atoms with Crippen LogP contribution in [0.15, 0.2) is 0 Å². The van der Waals surface area contributed by atoms with Crippen LogP contribution in [0.1, 0.15) is 46.5 Å². The molecule has 1 aliphatic carbocycles. The predicted octanol–water partition coefficient (Wildman–Crippen LogP) is 2.00. The van der Waals surface area contributed by atoms with Crippen molar-refractivity contribution in [3.05, 3.63) is 0 Å². The van der Waals surface area contributed by atoms with Crippen LogP contribution in [-0.4, -0.2) is 17.4 Å². The normalized spacial score (nSPS) is 21.7. The molecule has 0 spiro atoms. The number of amides is 1. The number of hydrogen-bond acceptors (Lipinski definition) is 2. The minimum Gasteiger partial charge on any atom is -0.392 e. The third kappa shape index (κ3) is 2.54. The molecule has 0 radical (unpaired) electrons. The molecule has 1 saturated carbocycles. The lowest BCUT2D eigenvalue weighted by atomic mass is 9.70. The van der Waals surface area contributed by atoms with Crippen molar-refractivity contribution in [1.82, 2.24) is 5.32 Å². The average molecular weight is 242 g/mol. The van der Waals surface area contributed by atoms with Crippen molar-refractivity contribution in [3.63, 3.8) is 0 Å². The van der Waals surface area contributed by atoms with Gasteiger partial charge in [0.05, 0.1) is 10.4 Å². The molecule has 4 heteroatoms. The van der Waals surface area contributed by atoms with Gasteiger partial charge in [-0.2, -0.15) is 0 Å². The van der Waals surface area contributed by atoms with E-state index in [0.717, 1.165) is 6.54 Å². The van der Waals surface area contributed by atoms with E-state index in [1.54, 1.807) is 0 Å². The van der Waals surface area contributed by atoms with Gasteiger partial charge in [-0.25, -0.2) is 0 Å². The van der Waals surface area contributed by atoms with Crippen molar-refractivity contribution >= 4 is 23.1 Å². The highest BCUT2D eigenvalue weighted by atomic mass is 32.1. The fraction of sp³-hybridized carbons (Fsp3) is 0.833. The Bertz CT molecular complexity index is 299. The second-order valence-corrected chi connectivity index (χ2v) is 5.84. The van der Waals surface area contributed by atoms with Gasteiger partial charge in [-0.1, -0.05) is 32.5 Å². The Labute approximate surface area is 103 Å². The lowest BCUT2D eigenvalue weighted by molar-refractivity contribution is -0.127. The summed E-state index contributed by atoms with van der Waals surface area (Å²) in [5.74, 6) is -0.0318. The molecule has 0 heterocycles. The molecule has 1 rings (SSSR count). The molecule has 1 fully saturated rings. The Morgan fingerprint density at radius 3 is 2.44 bits per heavy atom. The first-order chi connectivity index (χ1) is 7.34. The lowest BCUT2D eigenvalue weighted by Crippen LogP contribution is -2.50. The second-order valence-electron chi connectivity index (χ2n) is 5.40. The summed E-state index contributed by atoms with van der Waals surface area (Å²) in [5.41, 5.74) is 5.23. The third-order valence-electron chi connectivity index (χ3n) is 3.99. The smallest absolute Gasteiger partial charge is 0.232 e. The van der Waals surface area contributed by atoms with E-state index in [-0.39, 0.29) is 10.9 Å². The summed E-state index contributed by atoms with van der Waals surface area (Å²) in [5, 5.41) is 2.99. The molecule has 0 aromatic carbocycles. The third-order valence-corrected chi connectivity index (χ3v) is 4.44. The van der Waals surface area contributed by atoms with Gasteiger partial charge in [0.2, 0.25) is 5.91 Å². The fourth-order valence-corrected chi connectivity index (χ4v) is 2.13. The van der Waals surface area contributed by atoms with Gasteiger partial charge in [0, 0.05) is 6.54 Å². The lowest BCUT2D eigenvalue weighted by Gasteiger charge is -2.39. The zero-order valence-electron chi connectivity index (χ0n) is 10.4. The van der Waals surface area contributed by atoms with E-state index in [1.807, 2.05) is 13.8 Å². The number of nitrogens with two attached hydrogens (primary N) is 1. The van der Waals surface area contributed by atoms with E-state index in [1.165, 1.54) is 19.3 Å². The molecule has 3 N–H and O–H groups in total. The van der Waals surface area contributed by atoms with Crippen LogP contribution in [0.5, 0.6) is 0 Å². The van der Waals surface area contributed by atoms with Crippen LogP contribution in [0.4, 0.5) is 0 Å². The highest BCUT2D eigenvalue weighted by Gasteiger charge is 2.37. The van der Waals surface area contributed by atoms with Gasteiger partial charge in [0.1, 0.15) is 0 Å². The van der Waals surface area contributed by atoms with Crippen LogP contribution in [0.3, 0.4) is 0 Å². The summed E-state index contributed by atoms with van der Waals surface area (Å²) < 4.78 is 0. The molecule has 1 atom stereocenters. The van der Waals surface area contributed by atoms with E-state index < -0.39 is 5.41 Å². The van der Waals surface area contributed by atoms with E-state index >= 15 is 0 Å². The number of rotatable bonds is 5. The second kappa shape index (κ2) is 4.70. The van der Waals surface area contributed by atoms with Gasteiger partial charge < -0.3 is 11.1 Å². The van der Waals surface area contributed by atoms with E-state index in [4.69, 9.17) is 18.0 Å².